The molecule has 0 amide bonds. The first-order valence-electron chi connectivity index (χ1n) is 8.42. The minimum absolute atomic E-state index is 0.128. The summed E-state index contributed by atoms with van der Waals surface area (Å²) in [6, 6.07) is 14.4. The molecule has 0 N–H and O–H groups in total. The largest absolute Gasteiger partial charge is 0.497 e. The van der Waals surface area contributed by atoms with Crippen molar-refractivity contribution in [2.24, 2.45) is 0 Å². The number of methoxy groups -OCH3 is 1. The third-order valence-electron chi connectivity index (χ3n) is 3.99. The Bertz CT molecular complexity index is 995. The van der Waals surface area contributed by atoms with Crippen LogP contribution >= 0.6 is 0 Å². The van der Waals surface area contributed by atoms with Crippen LogP contribution in [0.25, 0.3) is 10.8 Å². The molecule has 1 heterocycles. The first-order chi connectivity index (χ1) is 12.6. The zero-order valence-corrected chi connectivity index (χ0v) is 14.8. The van der Waals surface area contributed by atoms with Crippen molar-refractivity contribution in [3.8, 4) is 5.75 Å². The third kappa shape index (κ3) is 3.91. The molecule has 3 rings (SSSR count). The number of ether oxygens (including phenoxy) is 2. The number of hydrogen-bond donors (Lipinski definition) is 0. The first-order valence-corrected chi connectivity index (χ1v) is 8.42. The predicted molar refractivity (Wildman–Crippen MR) is 98.4 cm³/mol. The highest BCUT2D eigenvalue weighted by Crippen LogP contribution is 2.22. The van der Waals surface area contributed by atoms with Crippen molar-refractivity contribution in [1.29, 1.82) is 0 Å². The van der Waals surface area contributed by atoms with Crippen LogP contribution in [0.15, 0.2) is 53.3 Å². The summed E-state index contributed by atoms with van der Waals surface area (Å²) in [7, 11) is 1.63. The Morgan fingerprint density at radius 1 is 1.08 bits per heavy atom. The lowest BCUT2D eigenvalue weighted by atomic mass is 10.1. The Morgan fingerprint density at radius 3 is 2.62 bits per heavy atom. The van der Waals surface area contributed by atoms with Gasteiger partial charge in [0.1, 0.15) is 12.4 Å². The van der Waals surface area contributed by atoms with E-state index in [-0.39, 0.29) is 17.9 Å². The second kappa shape index (κ2) is 7.82. The highest BCUT2D eigenvalue weighted by atomic mass is 16.5. The van der Waals surface area contributed by atoms with Gasteiger partial charge in [0.15, 0.2) is 5.69 Å². The average Bonchev–Trinajstić information content (AvgIpc) is 2.67. The second-order valence-corrected chi connectivity index (χ2v) is 5.90. The Labute approximate surface area is 151 Å². The molecule has 0 aliphatic heterocycles. The number of esters is 1. The summed E-state index contributed by atoms with van der Waals surface area (Å²) in [5.74, 6) is 0.245. The molecule has 0 fully saturated rings. The van der Waals surface area contributed by atoms with Gasteiger partial charge >= 0.3 is 5.97 Å². The number of carbonyl (C=O) groups is 1. The van der Waals surface area contributed by atoms with Gasteiger partial charge in [-0.1, -0.05) is 25.1 Å². The summed E-state index contributed by atoms with van der Waals surface area (Å²) >= 11 is 0. The molecule has 0 atom stereocenters. The van der Waals surface area contributed by atoms with E-state index in [0.29, 0.717) is 6.54 Å². The second-order valence-electron chi connectivity index (χ2n) is 5.90. The van der Waals surface area contributed by atoms with Crippen LogP contribution in [0.3, 0.4) is 0 Å². The van der Waals surface area contributed by atoms with Gasteiger partial charge in [0.25, 0.3) is 5.56 Å². The quantitative estimate of drug-likeness (QED) is 0.637. The van der Waals surface area contributed by atoms with Gasteiger partial charge in [0, 0.05) is 12.6 Å². The summed E-state index contributed by atoms with van der Waals surface area (Å²) in [5, 5.41) is 6.14. The lowest BCUT2D eigenvalue weighted by Crippen LogP contribution is -2.24. The Morgan fingerprint density at radius 2 is 1.85 bits per heavy atom. The molecular formula is C20H20N2O4. The van der Waals surface area contributed by atoms with Crippen molar-refractivity contribution in [1.82, 2.24) is 9.78 Å². The first kappa shape index (κ1) is 17.7. The fourth-order valence-electron chi connectivity index (χ4n) is 2.64. The molecule has 3 aromatic rings. The number of fused-ring (bicyclic) bond motifs is 1. The number of rotatable bonds is 6. The SMILES string of the molecule is CCCn1nc(C(=O)OCc2ccc3cc(OC)ccc3c2)ccc1=O. The van der Waals surface area contributed by atoms with Crippen molar-refractivity contribution in [2.45, 2.75) is 26.5 Å². The molecule has 6 nitrogen and oxygen atoms in total. The molecule has 0 unspecified atom stereocenters. The van der Waals surface area contributed by atoms with Gasteiger partial charge in [-0.15, -0.1) is 0 Å². The van der Waals surface area contributed by atoms with E-state index < -0.39 is 5.97 Å². The van der Waals surface area contributed by atoms with Crippen LogP contribution in [0, 0.1) is 0 Å². The molecule has 2 aromatic carbocycles. The summed E-state index contributed by atoms with van der Waals surface area (Å²) in [6.07, 6.45) is 0.757. The standard InChI is InChI=1S/C20H20N2O4/c1-3-10-22-19(23)9-8-18(21-22)20(24)26-13-14-4-5-16-12-17(25-2)7-6-15(16)11-14/h4-9,11-12H,3,10,13H2,1-2H3. The maximum absolute atomic E-state index is 12.2. The third-order valence-corrected chi connectivity index (χ3v) is 3.99. The summed E-state index contributed by atoms with van der Waals surface area (Å²) in [6.45, 7) is 2.54. The minimum Gasteiger partial charge on any atom is -0.497 e. The fraction of sp³-hybridized carbons (Fsp3) is 0.250. The molecule has 0 saturated heterocycles. The molecular weight excluding hydrogens is 332 g/mol. The predicted octanol–water partition coefficient (Wildman–Crippen LogP) is 3.17. The zero-order chi connectivity index (χ0) is 18.5. The van der Waals surface area contributed by atoms with Crippen LogP contribution in [0.4, 0.5) is 0 Å². The lowest BCUT2D eigenvalue weighted by Gasteiger charge is -2.08. The fourth-order valence-corrected chi connectivity index (χ4v) is 2.64. The number of carbonyl (C=O) groups excluding carboxylic acids is 1. The van der Waals surface area contributed by atoms with Crippen LogP contribution < -0.4 is 10.3 Å². The minimum atomic E-state index is -0.551. The monoisotopic (exact) mass is 352 g/mol. The van der Waals surface area contributed by atoms with Crippen molar-refractivity contribution >= 4 is 16.7 Å². The van der Waals surface area contributed by atoms with E-state index in [1.807, 2.05) is 43.3 Å². The van der Waals surface area contributed by atoms with Crippen molar-refractivity contribution < 1.29 is 14.3 Å². The highest BCUT2D eigenvalue weighted by Gasteiger charge is 2.11. The molecule has 0 radical (unpaired) electrons. The highest BCUT2D eigenvalue weighted by molar-refractivity contribution is 5.87. The van der Waals surface area contributed by atoms with E-state index in [4.69, 9.17) is 9.47 Å². The molecule has 0 bridgehead atoms. The van der Waals surface area contributed by atoms with Gasteiger partial charge in [-0.3, -0.25) is 4.79 Å². The Balaban J connectivity index is 1.72. The van der Waals surface area contributed by atoms with E-state index in [2.05, 4.69) is 5.10 Å². The van der Waals surface area contributed by atoms with Gasteiger partial charge < -0.3 is 9.47 Å². The van der Waals surface area contributed by atoms with Gasteiger partial charge in [-0.05, 0) is 47.0 Å². The number of benzene rings is 2. The van der Waals surface area contributed by atoms with Crippen LogP contribution in [-0.4, -0.2) is 22.9 Å². The molecule has 6 heteroatoms. The van der Waals surface area contributed by atoms with Crippen LogP contribution in [0.2, 0.25) is 0 Å². The zero-order valence-electron chi connectivity index (χ0n) is 14.8. The van der Waals surface area contributed by atoms with Crippen molar-refractivity contribution in [2.75, 3.05) is 7.11 Å². The Hall–Kier alpha value is -3.15. The topological polar surface area (TPSA) is 70.4 Å². The van der Waals surface area contributed by atoms with E-state index in [9.17, 15) is 9.59 Å². The van der Waals surface area contributed by atoms with Crippen molar-refractivity contribution in [3.05, 3.63) is 70.1 Å². The number of hydrogen-bond acceptors (Lipinski definition) is 5. The summed E-state index contributed by atoms with van der Waals surface area (Å²) < 4.78 is 11.8. The normalized spacial score (nSPS) is 10.7. The molecule has 0 spiro atoms. The van der Waals surface area contributed by atoms with Crippen LogP contribution in [0.5, 0.6) is 5.75 Å². The van der Waals surface area contributed by atoms with E-state index in [1.165, 1.54) is 16.8 Å². The molecule has 0 saturated carbocycles. The Kier molecular flexibility index (Phi) is 5.31. The molecule has 0 aliphatic rings. The molecule has 1 aromatic heterocycles. The number of aryl methyl sites for hydroxylation is 1. The van der Waals surface area contributed by atoms with Gasteiger partial charge in [-0.2, -0.15) is 5.10 Å². The lowest BCUT2D eigenvalue weighted by molar-refractivity contribution is 0.0462. The van der Waals surface area contributed by atoms with Crippen molar-refractivity contribution in [3.63, 3.8) is 0 Å². The number of nitrogens with zero attached hydrogens (tertiary/aromatic N) is 2. The smallest absolute Gasteiger partial charge is 0.359 e. The van der Waals surface area contributed by atoms with Gasteiger partial charge in [0.2, 0.25) is 0 Å². The van der Waals surface area contributed by atoms with Gasteiger partial charge in [-0.25, -0.2) is 9.48 Å². The van der Waals surface area contributed by atoms with E-state index in [0.717, 1.165) is 28.5 Å². The van der Waals surface area contributed by atoms with E-state index in [1.54, 1.807) is 7.11 Å². The summed E-state index contributed by atoms with van der Waals surface area (Å²) in [5.41, 5.74) is 0.773. The summed E-state index contributed by atoms with van der Waals surface area (Å²) in [4.78, 5) is 23.9. The van der Waals surface area contributed by atoms with E-state index >= 15 is 0 Å². The molecule has 134 valence electrons. The van der Waals surface area contributed by atoms with Gasteiger partial charge in [0.05, 0.1) is 7.11 Å². The molecule has 26 heavy (non-hydrogen) atoms. The average molecular weight is 352 g/mol. The van der Waals surface area contributed by atoms with Crippen LogP contribution in [-0.2, 0) is 17.9 Å². The maximum Gasteiger partial charge on any atom is 0.359 e. The number of aromatic nitrogens is 2. The van der Waals surface area contributed by atoms with Crippen LogP contribution in [0.1, 0.15) is 29.4 Å². The maximum atomic E-state index is 12.2. The molecule has 0 aliphatic carbocycles.